The lowest BCUT2D eigenvalue weighted by molar-refractivity contribution is 0.245. The molecule has 1 saturated heterocycles. The van der Waals surface area contributed by atoms with Gasteiger partial charge in [0.2, 0.25) is 0 Å². The van der Waals surface area contributed by atoms with Gasteiger partial charge in [-0.25, -0.2) is 0 Å². The summed E-state index contributed by atoms with van der Waals surface area (Å²) in [5.41, 5.74) is 2.59. The molecule has 2 aliphatic heterocycles. The lowest BCUT2D eigenvalue weighted by atomic mass is 9.93. The molecule has 2 N–H and O–H groups in total. The van der Waals surface area contributed by atoms with Gasteiger partial charge in [-0.15, -0.1) is 24.0 Å². The highest BCUT2D eigenvalue weighted by atomic mass is 127. The summed E-state index contributed by atoms with van der Waals surface area (Å²) in [5.74, 6) is 3.18. The number of nitrogens with one attached hydrogen (secondary N) is 2. The summed E-state index contributed by atoms with van der Waals surface area (Å²) in [7, 11) is 3.55. The summed E-state index contributed by atoms with van der Waals surface area (Å²) >= 11 is 0. The lowest BCUT2D eigenvalue weighted by Crippen LogP contribution is -2.44. The molecule has 4 rings (SSSR count). The third-order valence-electron chi connectivity index (χ3n) is 6.37. The van der Waals surface area contributed by atoms with E-state index in [2.05, 4.69) is 50.9 Å². The molecule has 2 heterocycles. The average molecular weight is 550 g/mol. The fourth-order valence-corrected chi connectivity index (χ4v) is 4.60. The fourth-order valence-electron chi connectivity index (χ4n) is 4.60. The molecule has 0 saturated carbocycles. The SMILES string of the molecule is CN=C(NCC1CCOc2ccccc21)NCC(c1ccc(OC)cc1)N1CCCC1.I. The summed E-state index contributed by atoms with van der Waals surface area (Å²) < 4.78 is 11.1. The highest BCUT2D eigenvalue weighted by molar-refractivity contribution is 14.0. The van der Waals surface area contributed by atoms with Crippen molar-refractivity contribution in [3.8, 4) is 11.5 Å². The number of rotatable bonds is 7. The Balaban J connectivity index is 0.00000289. The predicted molar refractivity (Wildman–Crippen MR) is 141 cm³/mol. The molecule has 2 unspecified atom stereocenters. The zero-order valence-electron chi connectivity index (χ0n) is 19.0. The topological polar surface area (TPSA) is 58.1 Å². The van der Waals surface area contributed by atoms with Crippen molar-refractivity contribution in [2.75, 3.05) is 46.9 Å². The van der Waals surface area contributed by atoms with Crippen LogP contribution in [0.2, 0.25) is 0 Å². The third-order valence-corrected chi connectivity index (χ3v) is 6.37. The second-order valence-corrected chi connectivity index (χ2v) is 8.24. The standard InChI is InChI=1S/C25H34N4O2.HI/c1-26-25(27-17-20-13-16-31-24-8-4-3-7-22(20)24)28-18-23(29-14-5-6-15-29)19-9-11-21(30-2)12-10-19;/h3-4,7-12,20,23H,5-6,13-18H2,1-2H3,(H2,26,27,28);1H. The van der Waals surface area contributed by atoms with Gasteiger partial charge in [-0.2, -0.15) is 0 Å². The maximum absolute atomic E-state index is 5.80. The van der Waals surface area contributed by atoms with Crippen LogP contribution < -0.4 is 20.1 Å². The highest BCUT2D eigenvalue weighted by Gasteiger charge is 2.24. The van der Waals surface area contributed by atoms with E-state index in [1.165, 1.54) is 24.0 Å². The van der Waals surface area contributed by atoms with Crippen molar-refractivity contribution in [2.45, 2.75) is 31.2 Å². The number of hydrogen-bond acceptors (Lipinski definition) is 4. The minimum atomic E-state index is 0. The molecule has 32 heavy (non-hydrogen) atoms. The van der Waals surface area contributed by atoms with E-state index in [-0.39, 0.29) is 24.0 Å². The minimum absolute atomic E-state index is 0. The molecule has 174 valence electrons. The molecule has 2 atom stereocenters. The number of likely N-dealkylation sites (tertiary alicyclic amines) is 1. The maximum atomic E-state index is 5.80. The molecule has 7 heteroatoms. The van der Waals surface area contributed by atoms with E-state index < -0.39 is 0 Å². The van der Waals surface area contributed by atoms with Crippen LogP contribution in [0.3, 0.4) is 0 Å². The summed E-state index contributed by atoms with van der Waals surface area (Å²) in [6.45, 7) is 4.71. The van der Waals surface area contributed by atoms with Crippen LogP contribution in [-0.4, -0.2) is 57.8 Å². The van der Waals surface area contributed by atoms with Crippen molar-refractivity contribution in [3.05, 3.63) is 59.7 Å². The summed E-state index contributed by atoms with van der Waals surface area (Å²) in [4.78, 5) is 7.04. The first kappa shape index (κ1) is 24.6. The first-order valence-corrected chi connectivity index (χ1v) is 11.3. The van der Waals surface area contributed by atoms with E-state index in [0.717, 1.165) is 56.7 Å². The van der Waals surface area contributed by atoms with Crippen LogP contribution in [0.15, 0.2) is 53.5 Å². The largest absolute Gasteiger partial charge is 0.497 e. The number of hydrogen-bond donors (Lipinski definition) is 2. The van der Waals surface area contributed by atoms with Gasteiger partial charge in [0.1, 0.15) is 11.5 Å². The number of fused-ring (bicyclic) bond motifs is 1. The van der Waals surface area contributed by atoms with Crippen molar-refractivity contribution >= 4 is 29.9 Å². The molecular weight excluding hydrogens is 515 g/mol. The van der Waals surface area contributed by atoms with Crippen molar-refractivity contribution in [2.24, 2.45) is 4.99 Å². The van der Waals surface area contributed by atoms with Crippen LogP contribution in [-0.2, 0) is 0 Å². The normalized spacial score (nSPS) is 19.3. The van der Waals surface area contributed by atoms with Crippen molar-refractivity contribution in [1.29, 1.82) is 0 Å². The van der Waals surface area contributed by atoms with Gasteiger partial charge in [0, 0.05) is 26.1 Å². The summed E-state index contributed by atoms with van der Waals surface area (Å²) in [6, 6.07) is 17.1. The number of methoxy groups -OCH3 is 1. The van der Waals surface area contributed by atoms with Crippen LogP contribution in [0.5, 0.6) is 11.5 Å². The molecule has 2 aromatic carbocycles. The van der Waals surface area contributed by atoms with Gasteiger partial charge in [-0.05, 0) is 61.7 Å². The Morgan fingerprint density at radius 1 is 1.12 bits per heavy atom. The van der Waals surface area contributed by atoms with Crippen LogP contribution in [0.4, 0.5) is 0 Å². The number of aliphatic imine (C=N–C) groups is 1. The number of halogens is 1. The van der Waals surface area contributed by atoms with Gasteiger partial charge in [0.25, 0.3) is 0 Å². The van der Waals surface area contributed by atoms with E-state index >= 15 is 0 Å². The van der Waals surface area contributed by atoms with E-state index in [9.17, 15) is 0 Å². The molecular formula is C25H35IN4O2. The molecule has 2 aromatic rings. The molecule has 0 bridgehead atoms. The Bertz CT molecular complexity index is 869. The summed E-state index contributed by atoms with van der Waals surface area (Å²) in [5, 5.41) is 7.11. The number of guanidine groups is 1. The van der Waals surface area contributed by atoms with Gasteiger partial charge >= 0.3 is 0 Å². The molecule has 0 aliphatic carbocycles. The Labute approximate surface area is 208 Å². The minimum Gasteiger partial charge on any atom is -0.497 e. The third kappa shape index (κ3) is 6.07. The van der Waals surface area contributed by atoms with Crippen LogP contribution in [0.25, 0.3) is 0 Å². The fraction of sp³-hybridized carbons (Fsp3) is 0.480. The second kappa shape index (κ2) is 12.3. The van der Waals surface area contributed by atoms with Crippen LogP contribution in [0.1, 0.15) is 42.3 Å². The first-order chi connectivity index (χ1) is 15.3. The maximum Gasteiger partial charge on any atom is 0.191 e. The Hall–Kier alpha value is -2.00. The van der Waals surface area contributed by atoms with E-state index in [1.54, 1.807) is 7.11 Å². The van der Waals surface area contributed by atoms with E-state index in [0.29, 0.717) is 12.0 Å². The van der Waals surface area contributed by atoms with Crippen LogP contribution in [0, 0.1) is 0 Å². The van der Waals surface area contributed by atoms with E-state index in [4.69, 9.17) is 9.47 Å². The van der Waals surface area contributed by atoms with E-state index in [1.807, 2.05) is 25.2 Å². The molecule has 0 amide bonds. The van der Waals surface area contributed by atoms with Gasteiger partial charge in [-0.3, -0.25) is 9.89 Å². The predicted octanol–water partition coefficient (Wildman–Crippen LogP) is 4.18. The average Bonchev–Trinajstić information content (AvgIpc) is 3.36. The highest BCUT2D eigenvalue weighted by Crippen LogP contribution is 2.32. The van der Waals surface area contributed by atoms with Gasteiger partial charge in [0.15, 0.2) is 5.96 Å². The smallest absolute Gasteiger partial charge is 0.191 e. The Morgan fingerprint density at radius 2 is 1.88 bits per heavy atom. The summed E-state index contributed by atoms with van der Waals surface area (Å²) in [6.07, 6.45) is 3.55. The zero-order chi connectivity index (χ0) is 21.5. The number of nitrogens with zero attached hydrogens (tertiary/aromatic N) is 2. The lowest BCUT2D eigenvalue weighted by Gasteiger charge is -2.30. The number of ether oxygens (including phenoxy) is 2. The molecule has 2 aliphatic rings. The molecule has 6 nitrogen and oxygen atoms in total. The van der Waals surface area contributed by atoms with Crippen molar-refractivity contribution in [1.82, 2.24) is 15.5 Å². The van der Waals surface area contributed by atoms with Gasteiger partial charge in [-0.1, -0.05) is 30.3 Å². The number of para-hydroxylation sites is 1. The van der Waals surface area contributed by atoms with Crippen molar-refractivity contribution < 1.29 is 9.47 Å². The Morgan fingerprint density at radius 3 is 2.59 bits per heavy atom. The monoisotopic (exact) mass is 550 g/mol. The van der Waals surface area contributed by atoms with Crippen molar-refractivity contribution in [3.63, 3.8) is 0 Å². The first-order valence-electron chi connectivity index (χ1n) is 11.3. The Kier molecular flexibility index (Phi) is 9.47. The van der Waals surface area contributed by atoms with Crippen LogP contribution >= 0.6 is 24.0 Å². The van der Waals surface area contributed by atoms with Gasteiger partial charge in [0.05, 0.1) is 19.8 Å². The zero-order valence-corrected chi connectivity index (χ0v) is 21.4. The quantitative estimate of drug-likeness (QED) is 0.308. The molecule has 0 radical (unpaired) electrons. The second-order valence-electron chi connectivity index (χ2n) is 8.24. The number of benzene rings is 2. The molecule has 0 aromatic heterocycles. The molecule has 0 spiro atoms. The van der Waals surface area contributed by atoms with Gasteiger partial charge < -0.3 is 20.1 Å². The molecule has 1 fully saturated rings.